The van der Waals surface area contributed by atoms with E-state index in [9.17, 15) is 0 Å². The summed E-state index contributed by atoms with van der Waals surface area (Å²) < 4.78 is 0. The highest BCUT2D eigenvalue weighted by atomic mass is 15.2. The van der Waals surface area contributed by atoms with Crippen LogP contribution in [0.15, 0.2) is 0 Å². The lowest BCUT2D eigenvalue weighted by Gasteiger charge is -2.33. The standard InChI is InChI=1S/C12H24N2/c1-3-4-10(2)13-12-6-8-14-7-5-11(12)9-14/h10-13H,3-9H2,1-2H3. The molecule has 0 spiro atoms. The molecule has 1 N–H and O–H groups in total. The second-order valence-electron chi connectivity index (χ2n) is 5.10. The van der Waals surface area contributed by atoms with Gasteiger partial charge in [-0.1, -0.05) is 13.3 Å². The zero-order chi connectivity index (χ0) is 9.97. The summed E-state index contributed by atoms with van der Waals surface area (Å²) in [5, 5.41) is 3.82. The first-order valence-corrected chi connectivity index (χ1v) is 6.28. The van der Waals surface area contributed by atoms with E-state index in [4.69, 9.17) is 0 Å². The van der Waals surface area contributed by atoms with Crippen molar-refractivity contribution in [2.45, 2.75) is 51.6 Å². The molecule has 0 aromatic heterocycles. The number of nitrogens with one attached hydrogen (secondary N) is 1. The Balaban J connectivity index is 1.79. The Bertz CT molecular complexity index is 181. The normalized spacial score (nSPS) is 38.6. The molecular formula is C12H24N2. The Labute approximate surface area is 88.1 Å². The van der Waals surface area contributed by atoms with Gasteiger partial charge in [0.1, 0.15) is 0 Å². The molecule has 2 aliphatic rings. The van der Waals surface area contributed by atoms with Crippen LogP contribution in [-0.2, 0) is 0 Å². The quantitative estimate of drug-likeness (QED) is 0.738. The number of hydrogen-bond donors (Lipinski definition) is 1. The van der Waals surface area contributed by atoms with E-state index >= 15 is 0 Å². The maximum absolute atomic E-state index is 3.82. The highest BCUT2D eigenvalue weighted by Crippen LogP contribution is 2.27. The molecule has 2 heterocycles. The molecule has 14 heavy (non-hydrogen) atoms. The summed E-state index contributed by atoms with van der Waals surface area (Å²) in [4.78, 5) is 2.62. The third-order valence-electron chi connectivity index (χ3n) is 3.85. The van der Waals surface area contributed by atoms with E-state index in [0.29, 0.717) is 0 Å². The number of nitrogens with zero attached hydrogens (tertiary/aromatic N) is 1. The zero-order valence-electron chi connectivity index (χ0n) is 9.63. The van der Waals surface area contributed by atoms with E-state index < -0.39 is 0 Å². The zero-order valence-corrected chi connectivity index (χ0v) is 9.63. The Morgan fingerprint density at radius 3 is 2.93 bits per heavy atom. The van der Waals surface area contributed by atoms with Crippen LogP contribution in [-0.4, -0.2) is 36.6 Å². The van der Waals surface area contributed by atoms with Gasteiger partial charge in [-0.3, -0.25) is 0 Å². The van der Waals surface area contributed by atoms with E-state index in [1.165, 1.54) is 45.3 Å². The average Bonchev–Trinajstić information content (AvgIpc) is 2.54. The van der Waals surface area contributed by atoms with Crippen LogP contribution in [0.3, 0.4) is 0 Å². The molecule has 2 aliphatic heterocycles. The molecule has 2 heteroatoms. The Kier molecular flexibility index (Phi) is 3.45. The van der Waals surface area contributed by atoms with Gasteiger partial charge < -0.3 is 10.2 Å². The lowest BCUT2D eigenvalue weighted by atomic mass is 9.93. The molecule has 2 nitrogen and oxygen atoms in total. The maximum Gasteiger partial charge on any atom is 0.0123 e. The molecule has 2 bridgehead atoms. The van der Waals surface area contributed by atoms with Crippen molar-refractivity contribution in [2.24, 2.45) is 5.92 Å². The van der Waals surface area contributed by atoms with Crippen LogP contribution < -0.4 is 5.32 Å². The minimum absolute atomic E-state index is 0.720. The van der Waals surface area contributed by atoms with Crippen LogP contribution in [0.25, 0.3) is 0 Å². The third kappa shape index (κ3) is 2.29. The van der Waals surface area contributed by atoms with Gasteiger partial charge in [-0.15, -0.1) is 0 Å². The van der Waals surface area contributed by atoms with Crippen molar-refractivity contribution in [1.29, 1.82) is 0 Å². The number of hydrogen-bond acceptors (Lipinski definition) is 2. The Morgan fingerprint density at radius 2 is 2.14 bits per heavy atom. The van der Waals surface area contributed by atoms with Gasteiger partial charge >= 0.3 is 0 Å². The van der Waals surface area contributed by atoms with Crippen molar-refractivity contribution < 1.29 is 0 Å². The first-order chi connectivity index (χ1) is 6.79. The summed E-state index contributed by atoms with van der Waals surface area (Å²) in [5.41, 5.74) is 0. The Morgan fingerprint density at radius 1 is 1.36 bits per heavy atom. The van der Waals surface area contributed by atoms with Crippen molar-refractivity contribution in [3.05, 3.63) is 0 Å². The topological polar surface area (TPSA) is 15.3 Å². The minimum atomic E-state index is 0.720. The second kappa shape index (κ2) is 4.63. The molecular weight excluding hydrogens is 172 g/mol. The van der Waals surface area contributed by atoms with Gasteiger partial charge in [0, 0.05) is 18.6 Å². The Hall–Kier alpha value is -0.0800. The molecule has 2 fully saturated rings. The molecule has 0 amide bonds. The lowest BCUT2D eigenvalue weighted by molar-refractivity contribution is 0.210. The highest BCUT2D eigenvalue weighted by Gasteiger charge is 2.34. The summed E-state index contributed by atoms with van der Waals surface area (Å²) in [5.74, 6) is 0.947. The largest absolute Gasteiger partial charge is 0.311 e. The molecule has 82 valence electrons. The molecule has 0 aromatic carbocycles. The van der Waals surface area contributed by atoms with Gasteiger partial charge in [0.2, 0.25) is 0 Å². The molecule has 0 aromatic rings. The summed E-state index contributed by atoms with van der Waals surface area (Å²) >= 11 is 0. The smallest absolute Gasteiger partial charge is 0.0123 e. The van der Waals surface area contributed by atoms with Crippen LogP contribution in [0.2, 0.25) is 0 Å². The third-order valence-corrected chi connectivity index (χ3v) is 3.85. The molecule has 2 rings (SSSR count). The monoisotopic (exact) mass is 196 g/mol. The van der Waals surface area contributed by atoms with E-state index in [1.54, 1.807) is 0 Å². The van der Waals surface area contributed by atoms with Crippen LogP contribution in [0, 0.1) is 5.92 Å². The lowest BCUT2D eigenvalue weighted by Crippen LogP contribution is -2.47. The van der Waals surface area contributed by atoms with E-state index in [0.717, 1.165) is 18.0 Å². The fourth-order valence-corrected chi connectivity index (χ4v) is 3.05. The van der Waals surface area contributed by atoms with Gasteiger partial charge in [0.25, 0.3) is 0 Å². The maximum atomic E-state index is 3.82. The van der Waals surface area contributed by atoms with E-state index in [1.807, 2.05) is 0 Å². The van der Waals surface area contributed by atoms with Crippen molar-refractivity contribution in [3.63, 3.8) is 0 Å². The second-order valence-corrected chi connectivity index (χ2v) is 5.10. The van der Waals surface area contributed by atoms with E-state index in [2.05, 4.69) is 24.1 Å². The summed E-state index contributed by atoms with van der Waals surface area (Å²) in [7, 11) is 0. The minimum Gasteiger partial charge on any atom is -0.311 e. The highest BCUT2D eigenvalue weighted by molar-refractivity contribution is 4.91. The predicted octanol–water partition coefficient (Wildman–Crippen LogP) is 1.86. The van der Waals surface area contributed by atoms with Gasteiger partial charge in [-0.2, -0.15) is 0 Å². The van der Waals surface area contributed by atoms with Gasteiger partial charge in [0.15, 0.2) is 0 Å². The summed E-state index contributed by atoms with van der Waals surface area (Å²) in [6.45, 7) is 8.65. The molecule has 2 saturated heterocycles. The first kappa shape index (κ1) is 10.4. The van der Waals surface area contributed by atoms with Gasteiger partial charge in [-0.25, -0.2) is 0 Å². The number of rotatable bonds is 4. The molecule has 4 atom stereocenters. The van der Waals surface area contributed by atoms with Crippen LogP contribution in [0.1, 0.15) is 39.5 Å². The predicted molar refractivity (Wildman–Crippen MR) is 60.5 cm³/mol. The SMILES string of the molecule is CCCC(C)NC1CCN2CCC1C2. The van der Waals surface area contributed by atoms with E-state index in [-0.39, 0.29) is 0 Å². The van der Waals surface area contributed by atoms with Crippen LogP contribution >= 0.6 is 0 Å². The van der Waals surface area contributed by atoms with Gasteiger partial charge in [-0.05, 0) is 45.2 Å². The van der Waals surface area contributed by atoms with Crippen LogP contribution in [0.4, 0.5) is 0 Å². The van der Waals surface area contributed by atoms with Crippen molar-refractivity contribution in [1.82, 2.24) is 10.2 Å². The van der Waals surface area contributed by atoms with Crippen molar-refractivity contribution >= 4 is 0 Å². The average molecular weight is 196 g/mol. The molecule has 0 aliphatic carbocycles. The molecule has 0 saturated carbocycles. The first-order valence-electron chi connectivity index (χ1n) is 6.28. The molecule has 4 unspecified atom stereocenters. The number of fused-ring (bicyclic) bond motifs is 2. The van der Waals surface area contributed by atoms with Crippen LogP contribution in [0.5, 0.6) is 0 Å². The van der Waals surface area contributed by atoms with Crippen molar-refractivity contribution in [2.75, 3.05) is 19.6 Å². The molecule has 0 radical (unpaired) electrons. The van der Waals surface area contributed by atoms with Gasteiger partial charge in [0.05, 0.1) is 0 Å². The summed E-state index contributed by atoms with van der Waals surface area (Å²) in [6, 6.07) is 1.53. The number of piperidine rings is 1. The fourth-order valence-electron chi connectivity index (χ4n) is 3.05. The summed E-state index contributed by atoms with van der Waals surface area (Å²) in [6.07, 6.45) is 5.43. The van der Waals surface area contributed by atoms with Crippen molar-refractivity contribution in [3.8, 4) is 0 Å². The fraction of sp³-hybridized carbons (Fsp3) is 1.00.